The second-order valence-electron chi connectivity index (χ2n) is 4.23. The lowest BCUT2D eigenvalue weighted by molar-refractivity contribution is -0.137. The van der Waals surface area contributed by atoms with Crippen molar-refractivity contribution in [3.63, 3.8) is 0 Å². The third-order valence-electron chi connectivity index (χ3n) is 2.73. The second kappa shape index (κ2) is 5.20. The standard InChI is InChI=1S/C14H9F5O/c15-11-3-1-2-8(5-11)13(20)9-4-10(14(17,18)19)7-12(16)6-9/h1-7,13,20H. The first kappa shape index (κ1) is 14.5. The minimum atomic E-state index is -4.72. The van der Waals surface area contributed by atoms with Crippen molar-refractivity contribution in [2.75, 3.05) is 0 Å². The minimum Gasteiger partial charge on any atom is -0.384 e. The fourth-order valence-corrected chi connectivity index (χ4v) is 1.80. The van der Waals surface area contributed by atoms with Crippen LogP contribution in [-0.2, 0) is 6.18 Å². The molecule has 1 nitrogen and oxygen atoms in total. The molecule has 0 spiro atoms. The van der Waals surface area contributed by atoms with Crippen LogP contribution >= 0.6 is 0 Å². The van der Waals surface area contributed by atoms with Crippen molar-refractivity contribution in [2.24, 2.45) is 0 Å². The number of hydrogen-bond acceptors (Lipinski definition) is 1. The van der Waals surface area contributed by atoms with Gasteiger partial charge in [0.2, 0.25) is 0 Å². The Labute approximate surface area is 111 Å². The van der Waals surface area contributed by atoms with E-state index in [1.807, 2.05) is 0 Å². The number of rotatable bonds is 2. The fraction of sp³-hybridized carbons (Fsp3) is 0.143. The summed E-state index contributed by atoms with van der Waals surface area (Å²) >= 11 is 0. The highest BCUT2D eigenvalue weighted by molar-refractivity contribution is 5.34. The molecule has 0 aliphatic carbocycles. The summed E-state index contributed by atoms with van der Waals surface area (Å²) in [7, 11) is 0. The van der Waals surface area contributed by atoms with Gasteiger partial charge >= 0.3 is 6.18 Å². The molecule has 1 N–H and O–H groups in total. The van der Waals surface area contributed by atoms with Gasteiger partial charge in [0.05, 0.1) is 5.56 Å². The van der Waals surface area contributed by atoms with Gasteiger partial charge in [-0.05, 0) is 41.5 Å². The van der Waals surface area contributed by atoms with E-state index in [-0.39, 0.29) is 11.1 Å². The SMILES string of the molecule is OC(c1cccc(F)c1)c1cc(F)cc(C(F)(F)F)c1. The molecule has 0 bridgehead atoms. The van der Waals surface area contributed by atoms with Crippen LogP contribution in [0.5, 0.6) is 0 Å². The van der Waals surface area contributed by atoms with Crippen molar-refractivity contribution in [3.8, 4) is 0 Å². The van der Waals surface area contributed by atoms with Crippen LogP contribution in [0.25, 0.3) is 0 Å². The maximum atomic E-state index is 13.2. The largest absolute Gasteiger partial charge is 0.416 e. The quantitative estimate of drug-likeness (QED) is 0.826. The maximum absolute atomic E-state index is 13.2. The van der Waals surface area contributed by atoms with E-state index in [1.165, 1.54) is 12.1 Å². The molecule has 0 aliphatic rings. The number of halogens is 5. The van der Waals surface area contributed by atoms with Crippen LogP contribution < -0.4 is 0 Å². The zero-order valence-electron chi connectivity index (χ0n) is 9.96. The van der Waals surface area contributed by atoms with Crippen LogP contribution in [0.3, 0.4) is 0 Å². The maximum Gasteiger partial charge on any atom is 0.416 e. The second-order valence-corrected chi connectivity index (χ2v) is 4.23. The molecule has 0 aliphatic heterocycles. The normalized spacial score (nSPS) is 13.3. The highest BCUT2D eigenvalue weighted by Crippen LogP contribution is 2.33. The Morgan fingerprint density at radius 2 is 1.50 bits per heavy atom. The van der Waals surface area contributed by atoms with Gasteiger partial charge in [0.15, 0.2) is 0 Å². The van der Waals surface area contributed by atoms with E-state index in [4.69, 9.17) is 0 Å². The summed E-state index contributed by atoms with van der Waals surface area (Å²) in [4.78, 5) is 0. The van der Waals surface area contributed by atoms with E-state index < -0.39 is 29.5 Å². The molecule has 2 rings (SSSR count). The van der Waals surface area contributed by atoms with Gasteiger partial charge in [-0.3, -0.25) is 0 Å². The Hall–Kier alpha value is -1.95. The molecule has 0 saturated heterocycles. The molecule has 2 aromatic carbocycles. The van der Waals surface area contributed by atoms with Crippen LogP contribution in [0.1, 0.15) is 22.8 Å². The number of benzene rings is 2. The van der Waals surface area contributed by atoms with Crippen LogP contribution in [0, 0.1) is 11.6 Å². The van der Waals surface area contributed by atoms with Crippen molar-refractivity contribution in [3.05, 3.63) is 70.8 Å². The Bertz CT molecular complexity index is 621. The number of hydrogen-bond donors (Lipinski definition) is 1. The topological polar surface area (TPSA) is 20.2 Å². The summed E-state index contributed by atoms with van der Waals surface area (Å²) in [6.07, 6.45) is -6.26. The molecule has 6 heteroatoms. The van der Waals surface area contributed by atoms with Crippen LogP contribution in [0.15, 0.2) is 42.5 Å². The lowest BCUT2D eigenvalue weighted by Gasteiger charge is -2.14. The van der Waals surface area contributed by atoms with E-state index in [0.717, 1.165) is 18.2 Å². The molecule has 106 valence electrons. The lowest BCUT2D eigenvalue weighted by Crippen LogP contribution is -2.08. The van der Waals surface area contributed by atoms with Gasteiger partial charge in [0, 0.05) is 0 Å². The third-order valence-corrected chi connectivity index (χ3v) is 2.73. The van der Waals surface area contributed by atoms with Gasteiger partial charge in [0.25, 0.3) is 0 Å². The van der Waals surface area contributed by atoms with Gasteiger partial charge in [0.1, 0.15) is 17.7 Å². The van der Waals surface area contributed by atoms with Gasteiger partial charge in [-0.1, -0.05) is 12.1 Å². The molecule has 0 aromatic heterocycles. The van der Waals surface area contributed by atoms with Crippen LogP contribution in [-0.4, -0.2) is 5.11 Å². The van der Waals surface area contributed by atoms with E-state index in [9.17, 15) is 27.1 Å². The van der Waals surface area contributed by atoms with Gasteiger partial charge in [-0.15, -0.1) is 0 Å². The molecule has 0 amide bonds. The molecular weight excluding hydrogens is 279 g/mol. The predicted octanol–water partition coefficient (Wildman–Crippen LogP) is 4.07. The Kier molecular flexibility index (Phi) is 3.76. The van der Waals surface area contributed by atoms with Crippen molar-refractivity contribution in [2.45, 2.75) is 12.3 Å². The van der Waals surface area contributed by atoms with Crippen molar-refractivity contribution < 1.29 is 27.1 Å². The highest BCUT2D eigenvalue weighted by atomic mass is 19.4. The average Bonchev–Trinajstić information content (AvgIpc) is 2.36. The zero-order chi connectivity index (χ0) is 14.9. The zero-order valence-corrected chi connectivity index (χ0v) is 9.96. The molecule has 1 unspecified atom stereocenters. The van der Waals surface area contributed by atoms with E-state index >= 15 is 0 Å². The Morgan fingerprint density at radius 1 is 0.850 bits per heavy atom. The summed E-state index contributed by atoms with van der Waals surface area (Å²) in [5, 5.41) is 9.93. The molecule has 2 aromatic rings. The summed E-state index contributed by atoms with van der Waals surface area (Å²) in [5.74, 6) is -1.76. The van der Waals surface area contributed by atoms with E-state index in [2.05, 4.69) is 0 Å². The predicted molar refractivity (Wildman–Crippen MR) is 61.9 cm³/mol. The molecular formula is C14H9F5O. The number of alkyl halides is 3. The van der Waals surface area contributed by atoms with Gasteiger partial charge in [-0.2, -0.15) is 13.2 Å². The van der Waals surface area contributed by atoms with E-state index in [0.29, 0.717) is 12.1 Å². The smallest absolute Gasteiger partial charge is 0.384 e. The molecule has 1 atom stereocenters. The summed E-state index contributed by atoms with van der Waals surface area (Å²) in [6.45, 7) is 0. The lowest BCUT2D eigenvalue weighted by atomic mass is 9.99. The van der Waals surface area contributed by atoms with Crippen molar-refractivity contribution in [1.29, 1.82) is 0 Å². The van der Waals surface area contributed by atoms with Crippen molar-refractivity contribution >= 4 is 0 Å². The first-order chi connectivity index (χ1) is 9.27. The minimum absolute atomic E-state index is 0.0451. The average molecular weight is 288 g/mol. The first-order valence-electron chi connectivity index (χ1n) is 5.58. The van der Waals surface area contributed by atoms with Gasteiger partial charge in [-0.25, -0.2) is 8.78 Å². The monoisotopic (exact) mass is 288 g/mol. The Morgan fingerprint density at radius 3 is 2.10 bits per heavy atom. The summed E-state index contributed by atoms with van der Waals surface area (Å²) in [6, 6.07) is 6.50. The third kappa shape index (κ3) is 3.14. The fourth-order valence-electron chi connectivity index (χ4n) is 1.80. The summed E-state index contributed by atoms with van der Waals surface area (Å²) in [5.41, 5.74) is -1.45. The number of aliphatic hydroxyl groups excluding tert-OH is 1. The Balaban J connectivity index is 2.45. The van der Waals surface area contributed by atoms with Crippen LogP contribution in [0.4, 0.5) is 22.0 Å². The molecule has 0 saturated carbocycles. The van der Waals surface area contributed by atoms with Crippen molar-refractivity contribution in [1.82, 2.24) is 0 Å². The molecule has 0 heterocycles. The molecule has 0 fully saturated rings. The summed E-state index contributed by atoms with van der Waals surface area (Å²) < 4.78 is 64.0. The first-order valence-corrected chi connectivity index (χ1v) is 5.58. The van der Waals surface area contributed by atoms with Gasteiger partial charge < -0.3 is 5.11 Å². The van der Waals surface area contributed by atoms with Crippen LogP contribution in [0.2, 0.25) is 0 Å². The number of aliphatic hydroxyl groups is 1. The molecule has 0 radical (unpaired) electrons. The molecule has 20 heavy (non-hydrogen) atoms. The van der Waals surface area contributed by atoms with E-state index in [1.54, 1.807) is 0 Å². The highest BCUT2D eigenvalue weighted by Gasteiger charge is 2.32.